The molecule has 27 heavy (non-hydrogen) atoms. The minimum atomic E-state index is 0.781. The van der Waals surface area contributed by atoms with E-state index < -0.39 is 0 Å². The lowest BCUT2D eigenvalue weighted by Crippen LogP contribution is -1.97. The van der Waals surface area contributed by atoms with Gasteiger partial charge in [-0.15, -0.1) is 0 Å². The van der Waals surface area contributed by atoms with Crippen LogP contribution in [0, 0.1) is 0 Å². The zero-order valence-electron chi connectivity index (χ0n) is 14.3. The van der Waals surface area contributed by atoms with Gasteiger partial charge >= 0.3 is 0 Å². The quantitative estimate of drug-likeness (QED) is 0.259. The van der Waals surface area contributed by atoms with Gasteiger partial charge in [0.15, 0.2) is 0 Å². The fraction of sp³-hybridized carbons (Fsp3) is 0. The second-order valence-electron chi connectivity index (χ2n) is 7.17. The van der Waals surface area contributed by atoms with Gasteiger partial charge in [-0.05, 0) is 24.3 Å². The maximum absolute atomic E-state index is 6.81. The predicted molar refractivity (Wildman–Crippen MR) is 115 cm³/mol. The molecule has 0 aliphatic heterocycles. The lowest BCUT2D eigenvalue weighted by Gasteiger charge is -2.12. The Morgan fingerprint density at radius 2 is 1.04 bits per heavy atom. The zero-order chi connectivity index (χ0) is 17.7. The molecular formula is C24H13ClN2. The maximum Gasteiger partial charge on any atom is 0.0898 e. The Balaban J connectivity index is 2.03. The third-order valence-electron chi connectivity index (χ3n) is 5.90. The molecule has 0 bridgehead atoms. The Bertz CT molecular complexity index is 1680. The van der Waals surface area contributed by atoms with Crippen LogP contribution in [0.2, 0.25) is 5.02 Å². The van der Waals surface area contributed by atoms with Gasteiger partial charge in [-0.3, -0.25) is 0 Å². The normalized spacial score (nSPS) is 12.6. The summed E-state index contributed by atoms with van der Waals surface area (Å²) in [4.78, 5) is 0. The molecule has 4 aromatic carbocycles. The maximum atomic E-state index is 6.81. The van der Waals surface area contributed by atoms with Crippen molar-refractivity contribution in [2.45, 2.75) is 0 Å². The molecule has 0 saturated heterocycles. The first-order chi connectivity index (χ1) is 13.3. The summed E-state index contributed by atoms with van der Waals surface area (Å²) in [6.07, 6.45) is 0. The molecule has 7 rings (SSSR count). The highest BCUT2D eigenvalue weighted by Gasteiger charge is 2.21. The molecule has 0 radical (unpaired) electrons. The van der Waals surface area contributed by atoms with E-state index in [1.165, 1.54) is 49.1 Å². The summed E-state index contributed by atoms with van der Waals surface area (Å²) >= 11 is 6.81. The highest BCUT2D eigenvalue weighted by molar-refractivity contribution is 6.37. The molecule has 0 fully saturated rings. The molecule has 0 spiro atoms. The number of nitrogens with zero attached hydrogens (tertiary/aromatic N) is 2. The number of para-hydroxylation sites is 3. The third kappa shape index (κ3) is 1.47. The molecule has 0 atom stereocenters. The number of hydrogen-bond acceptors (Lipinski definition) is 0. The van der Waals surface area contributed by atoms with Crippen LogP contribution in [0.1, 0.15) is 0 Å². The van der Waals surface area contributed by atoms with E-state index in [1.807, 2.05) is 6.07 Å². The van der Waals surface area contributed by atoms with Gasteiger partial charge in [0.1, 0.15) is 0 Å². The zero-order valence-corrected chi connectivity index (χ0v) is 15.0. The average molecular weight is 365 g/mol. The molecule has 3 heterocycles. The highest BCUT2D eigenvalue weighted by atomic mass is 35.5. The van der Waals surface area contributed by atoms with Crippen LogP contribution in [0.15, 0.2) is 78.9 Å². The first-order valence-electron chi connectivity index (χ1n) is 9.09. The minimum Gasteiger partial charge on any atom is -0.305 e. The smallest absolute Gasteiger partial charge is 0.0898 e. The molecule has 7 aromatic rings. The van der Waals surface area contributed by atoms with Crippen LogP contribution >= 0.6 is 11.6 Å². The second-order valence-corrected chi connectivity index (χ2v) is 7.58. The predicted octanol–water partition coefficient (Wildman–Crippen LogP) is 6.90. The van der Waals surface area contributed by atoms with Gasteiger partial charge in [-0.2, -0.15) is 0 Å². The standard InChI is InChI=1S/C24H13ClN2/c25-18-13-12-17-15-7-1-3-9-19(15)26-21-11-5-8-16-14-6-2-4-10-20(14)27(22(16)21)24(18)23(17)26/h1-13H. The van der Waals surface area contributed by atoms with E-state index in [2.05, 4.69) is 81.6 Å². The highest BCUT2D eigenvalue weighted by Crippen LogP contribution is 2.42. The largest absolute Gasteiger partial charge is 0.305 e. The van der Waals surface area contributed by atoms with Gasteiger partial charge in [0.2, 0.25) is 0 Å². The molecular weight excluding hydrogens is 352 g/mol. The van der Waals surface area contributed by atoms with E-state index in [0.29, 0.717) is 0 Å². The average Bonchev–Trinajstić information content (AvgIpc) is 3.22. The molecule has 0 aliphatic rings. The summed E-state index contributed by atoms with van der Waals surface area (Å²) < 4.78 is 4.73. The van der Waals surface area contributed by atoms with Crippen molar-refractivity contribution in [1.29, 1.82) is 0 Å². The van der Waals surface area contributed by atoms with Crippen molar-refractivity contribution in [3.05, 3.63) is 83.9 Å². The van der Waals surface area contributed by atoms with Crippen molar-refractivity contribution in [1.82, 2.24) is 8.80 Å². The number of fused-ring (bicyclic) bond motifs is 8. The summed E-state index contributed by atoms with van der Waals surface area (Å²) in [5.41, 5.74) is 7.12. The van der Waals surface area contributed by atoms with E-state index in [-0.39, 0.29) is 0 Å². The van der Waals surface area contributed by atoms with Crippen molar-refractivity contribution in [3.8, 4) is 0 Å². The van der Waals surface area contributed by atoms with Gasteiger partial charge < -0.3 is 8.80 Å². The number of rotatable bonds is 0. The van der Waals surface area contributed by atoms with Gasteiger partial charge in [0.05, 0.1) is 38.1 Å². The molecule has 126 valence electrons. The number of aromatic nitrogens is 2. The van der Waals surface area contributed by atoms with Crippen LogP contribution in [0.4, 0.5) is 0 Å². The Kier molecular flexibility index (Phi) is 2.34. The van der Waals surface area contributed by atoms with Gasteiger partial charge in [0, 0.05) is 21.5 Å². The van der Waals surface area contributed by atoms with Gasteiger partial charge in [-0.1, -0.05) is 66.2 Å². The molecule has 3 aromatic heterocycles. The summed E-state index contributed by atoms with van der Waals surface area (Å²) in [6.45, 7) is 0. The molecule has 0 unspecified atom stereocenters. The van der Waals surface area contributed by atoms with Crippen molar-refractivity contribution in [2.24, 2.45) is 0 Å². The lowest BCUT2D eigenvalue weighted by molar-refractivity contribution is 1.26. The van der Waals surface area contributed by atoms with Crippen molar-refractivity contribution in [2.75, 3.05) is 0 Å². The van der Waals surface area contributed by atoms with E-state index in [0.717, 1.165) is 10.5 Å². The van der Waals surface area contributed by atoms with Crippen LogP contribution in [-0.2, 0) is 0 Å². The molecule has 0 saturated carbocycles. The Morgan fingerprint density at radius 1 is 0.444 bits per heavy atom. The summed E-state index contributed by atoms with van der Waals surface area (Å²) in [7, 11) is 0. The number of hydrogen-bond donors (Lipinski definition) is 0. The van der Waals surface area contributed by atoms with Crippen LogP contribution in [0.3, 0.4) is 0 Å². The van der Waals surface area contributed by atoms with Gasteiger partial charge in [0.25, 0.3) is 0 Å². The van der Waals surface area contributed by atoms with Crippen molar-refractivity contribution >= 4 is 66.2 Å². The molecule has 3 heteroatoms. The Hall–Kier alpha value is -3.23. The van der Waals surface area contributed by atoms with E-state index >= 15 is 0 Å². The molecule has 0 aliphatic carbocycles. The van der Waals surface area contributed by atoms with Crippen LogP contribution in [-0.4, -0.2) is 8.80 Å². The van der Waals surface area contributed by atoms with Crippen LogP contribution in [0.5, 0.6) is 0 Å². The molecule has 0 N–H and O–H groups in total. The monoisotopic (exact) mass is 364 g/mol. The molecule has 0 amide bonds. The first-order valence-corrected chi connectivity index (χ1v) is 9.47. The van der Waals surface area contributed by atoms with E-state index in [4.69, 9.17) is 11.6 Å². The number of halogens is 1. The lowest BCUT2D eigenvalue weighted by atomic mass is 10.1. The van der Waals surface area contributed by atoms with Crippen LogP contribution in [0.25, 0.3) is 54.6 Å². The Labute approximate surface area is 159 Å². The summed E-state index contributed by atoms with van der Waals surface area (Å²) in [6, 6.07) is 28.0. The SMILES string of the molecule is Clc1ccc2c3ccccc3n3c4cccc5c6ccccc6n(c1c23)c54. The summed E-state index contributed by atoms with van der Waals surface area (Å²) in [5, 5.41) is 5.81. The fourth-order valence-electron chi connectivity index (χ4n) is 4.89. The van der Waals surface area contributed by atoms with E-state index in [9.17, 15) is 0 Å². The van der Waals surface area contributed by atoms with Gasteiger partial charge in [-0.25, -0.2) is 0 Å². The fourth-order valence-corrected chi connectivity index (χ4v) is 5.13. The minimum absolute atomic E-state index is 0.781. The van der Waals surface area contributed by atoms with Crippen molar-refractivity contribution in [3.63, 3.8) is 0 Å². The number of benzene rings is 4. The molecule has 2 nitrogen and oxygen atoms in total. The van der Waals surface area contributed by atoms with Crippen molar-refractivity contribution < 1.29 is 0 Å². The second kappa shape index (κ2) is 4.54. The topological polar surface area (TPSA) is 8.82 Å². The third-order valence-corrected chi connectivity index (χ3v) is 6.20. The van der Waals surface area contributed by atoms with Crippen LogP contribution < -0.4 is 0 Å². The summed E-state index contributed by atoms with van der Waals surface area (Å²) in [5.74, 6) is 0. The first kappa shape index (κ1) is 13.9. The van der Waals surface area contributed by atoms with E-state index in [1.54, 1.807) is 0 Å². The Morgan fingerprint density at radius 3 is 1.81 bits per heavy atom.